The van der Waals surface area contributed by atoms with Crippen molar-refractivity contribution in [2.24, 2.45) is 4.99 Å². The minimum Gasteiger partial charge on any atom is -0.391 e. The average Bonchev–Trinajstić information content (AvgIpc) is 2.80. The van der Waals surface area contributed by atoms with E-state index in [1.54, 1.807) is 0 Å². The van der Waals surface area contributed by atoms with Crippen molar-refractivity contribution in [1.82, 2.24) is 5.32 Å². The van der Waals surface area contributed by atoms with Crippen LogP contribution in [0.15, 0.2) is 114 Å². The van der Waals surface area contributed by atoms with Crippen molar-refractivity contribution >= 4 is 6.21 Å². The molecule has 0 unspecified atom stereocenters. The van der Waals surface area contributed by atoms with E-state index in [-0.39, 0.29) is 0 Å². The molecule has 0 saturated heterocycles. The van der Waals surface area contributed by atoms with Gasteiger partial charge in [-0.05, 0) is 73.2 Å². The van der Waals surface area contributed by atoms with Gasteiger partial charge < -0.3 is 5.32 Å². The van der Waals surface area contributed by atoms with Gasteiger partial charge in [0.1, 0.15) is 0 Å². The van der Waals surface area contributed by atoms with Gasteiger partial charge in [-0.1, -0.05) is 79.4 Å². The lowest BCUT2D eigenvalue weighted by Crippen LogP contribution is -2.08. The number of aliphatic imine (C=N–C) groups is 1. The molecule has 0 heterocycles. The van der Waals surface area contributed by atoms with E-state index in [2.05, 4.69) is 89.7 Å². The van der Waals surface area contributed by atoms with Crippen molar-refractivity contribution in [3.8, 4) is 0 Å². The first-order chi connectivity index (χ1) is 14.8. The van der Waals surface area contributed by atoms with Gasteiger partial charge in [0.05, 0.1) is 0 Å². The zero-order chi connectivity index (χ0) is 21.3. The van der Waals surface area contributed by atoms with Crippen LogP contribution in [0.5, 0.6) is 0 Å². The Labute approximate surface area is 182 Å². The van der Waals surface area contributed by atoms with Gasteiger partial charge in [-0.2, -0.15) is 0 Å². The molecule has 0 atom stereocenters. The maximum Gasteiger partial charge on any atom is 0.0392 e. The summed E-state index contributed by atoms with van der Waals surface area (Å²) in [4.78, 5) is 4.52. The lowest BCUT2D eigenvalue weighted by Gasteiger charge is -2.04. The van der Waals surface area contributed by atoms with Crippen molar-refractivity contribution in [1.29, 1.82) is 0 Å². The topological polar surface area (TPSA) is 24.4 Å². The van der Waals surface area contributed by atoms with Crippen LogP contribution in [0.4, 0.5) is 0 Å². The van der Waals surface area contributed by atoms with Crippen LogP contribution < -0.4 is 5.32 Å². The second-order valence-corrected chi connectivity index (χ2v) is 7.09. The Morgan fingerprint density at radius 2 is 1.53 bits per heavy atom. The second-order valence-electron chi connectivity index (χ2n) is 7.09. The molecular formula is C28H34N2. The third-order valence-electron chi connectivity index (χ3n) is 4.83. The average molecular weight is 399 g/mol. The predicted octanol–water partition coefficient (Wildman–Crippen LogP) is 6.48. The number of nitrogens with zero attached hydrogens (tertiary/aromatic N) is 1. The number of aryl methyl sites for hydroxylation is 2. The second kappa shape index (κ2) is 14.8. The Kier molecular flexibility index (Phi) is 11.4. The van der Waals surface area contributed by atoms with E-state index in [0.29, 0.717) is 0 Å². The van der Waals surface area contributed by atoms with Crippen LogP contribution in [0.25, 0.3) is 0 Å². The summed E-state index contributed by atoms with van der Waals surface area (Å²) in [5.41, 5.74) is 4.97. The zero-order valence-corrected chi connectivity index (χ0v) is 18.1. The van der Waals surface area contributed by atoms with Gasteiger partial charge in [0.2, 0.25) is 0 Å². The molecule has 156 valence electrons. The van der Waals surface area contributed by atoms with Crippen LogP contribution in [-0.4, -0.2) is 19.3 Å². The van der Waals surface area contributed by atoms with Crippen LogP contribution in [0.1, 0.15) is 30.9 Å². The molecule has 0 aliphatic heterocycles. The highest BCUT2D eigenvalue weighted by atomic mass is 14.8. The van der Waals surface area contributed by atoms with Crippen LogP contribution in [0, 0.1) is 0 Å². The van der Waals surface area contributed by atoms with Gasteiger partial charge in [0.15, 0.2) is 0 Å². The smallest absolute Gasteiger partial charge is 0.0392 e. The van der Waals surface area contributed by atoms with Crippen LogP contribution in [0.2, 0.25) is 0 Å². The monoisotopic (exact) mass is 398 g/mol. The highest BCUT2D eigenvalue weighted by Crippen LogP contribution is 2.12. The van der Waals surface area contributed by atoms with Gasteiger partial charge in [-0.15, -0.1) is 0 Å². The summed E-state index contributed by atoms with van der Waals surface area (Å²) >= 11 is 0. The van der Waals surface area contributed by atoms with E-state index >= 15 is 0 Å². The van der Waals surface area contributed by atoms with Crippen molar-refractivity contribution < 1.29 is 0 Å². The predicted molar refractivity (Wildman–Crippen MR) is 132 cm³/mol. The van der Waals surface area contributed by atoms with Crippen molar-refractivity contribution in [2.75, 3.05) is 13.1 Å². The molecule has 0 aliphatic carbocycles. The fraction of sp³-hybridized carbons (Fsp3) is 0.250. The molecule has 0 amide bonds. The lowest BCUT2D eigenvalue weighted by atomic mass is 10.1. The summed E-state index contributed by atoms with van der Waals surface area (Å²) in [6.07, 6.45) is 16.3. The summed E-state index contributed by atoms with van der Waals surface area (Å²) in [5.74, 6) is 0. The van der Waals surface area contributed by atoms with Gasteiger partial charge in [-0.25, -0.2) is 0 Å². The van der Waals surface area contributed by atoms with E-state index < -0.39 is 0 Å². The molecule has 0 fully saturated rings. The molecule has 0 radical (unpaired) electrons. The molecule has 2 rings (SSSR count). The zero-order valence-electron chi connectivity index (χ0n) is 18.1. The molecule has 2 aromatic carbocycles. The summed E-state index contributed by atoms with van der Waals surface area (Å²) in [7, 11) is 0. The number of rotatable bonds is 13. The third-order valence-corrected chi connectivity index (χ3v) is 4.83. The standard InChI is InChI=1S/C28H34N2/c1-3-27(19-23-29-21-11-17-25-13-7-5-8-14-25)28(4-2)20-24-30-22-12-18-26-15-9-6-10-16-26/h3-10,13-16,19-20,23-24,30H,1,11-12,17-18,21-22H2,2H3/b24-20-,27-19+,28-4+,29-23?. The summed E-state index contributed by atoms with van der Waals surface area (Å²) < 4.78 is 0. The van der Waals surface area contributed by atoms with E-state index in [9.17, 15) is 0 Å². The van der Waals surface area contributed by atoms with Crippen molar-refractivity contribution in [2.45, 2.75) is 32.6 Å². The van der Waals surface area contributed by atoms with Crippen LogP contribution in [0.3, 0.4) is 0 Å². The van der Waals surface area contributed by atoms with Crippen molar-refractivity contribution in [3.05, 3.63) is 120 Å². The Morgan fingerprint density at radius 1 is 0.900 bits per heavy atom. The number of nitrogens with one attached hydrogen (secondary N) is 1. The van der Waals surface area contributed by atoms with Gasteiger partial charge in [-0.3, -0.25) is 4.99 Å². The summed E-state index contributed by atoms with van der Waals surface area (Å²) in [5, 5.41) is 3.38. The van der Waals surface area contributed by atoms with Crippen LogP contribution in [-0.2, 0) is 12.8 Å². The maximum absolute atomic E-state index is 4.52. The van der Waals surface area contributed by atoms with E-state index in [1.807, 2.05) is 31.5 Å². The third kappa shape index (κ3) is 9.38. The molecule has 0 aliphatic rings. The van der Waals surface area contributed by atoms with E-state index in [4.69, 9.17) is 0 Å². The van der Waals surface area contributed by atoms with E-state index in [0.717, 1.165) is 49.9 Å². The lowest BCUT2D eigenvalue weighted by molar-refractivity contribution is 0.751. The Bertz CT molecular complexity index is 843. The minimum absolute atomic E-state index is 0.833. The molecule has 2 nitrogen and oxygen atoms in total. The first-order valence-corrected chi connectivity index (χ1v) is 10.8. The molecule has 2 aromatic rings. The van der Waals surface area contributed by atoms with E-state index in [1.165, 1.54) is 11.1 Å². The van der Waals surface area contributed by atoms with Crippen molar-refractivity contribution in [3.63, 3.8) is 0 Å². The fourth-order valence-corrected chi connectivity index (χ4v) is 3.14. The number of hydrogen-bond acceptors (Lipinski definition) is 2. The van der Waals surface area contributed by atoms with Gasteiger partial charge in [0, 0.05) is 19.3 Å². The molecule has 0 aromatic heterocycles. The SMILES string of the molecule is C=CC(=C\C=NCCCc1ccccc1)/C(/C=C\NCCCc1ccccc1)=C/C. The molecule has 0 saturated carbocycles. The number of benzene rings is 2. The quantitative estimate of drug-likeness (QED) is 0.233. The summed E-state index contributed by atoms with van der Waals surface area (Å²) in [6, 6.07) is 21.2. The molecular weight excluding hydrogens is 364 g/mol. The Hall–Kier alpha value is -3.13. The highest BCUT2D eigenvalue weighted by molar-refractivity contribution is 5.75. The first-order valence-electron chi connectivity index (χ1n) is 10.8. The molecule has 0 spiro atoms. The number of hydrogen-bond donors (Lipinski definition) is 1. The molecule has 0 bridgehead atoms. The Morgan fingerprint density at radius 3 is 2.13 bits per heavy atom. The van der Waals surface area contributed by atoms with Crippen LogP contribution >= 0.6 is 0 Å². The summed E-state index contributed by atoms with van der Waals surface area (Å²) in [6.45, 7) is 7.79. The maximum atomic E-state index is 4.52. The van der Waals surface area contributed by atoms with Gasteiger partial charge >= 0.3 is 0 Å². The molecule has 1 N–H and O–H groups in total. The largest absolute Gasteiger partial charge is 0.391 e. The minimum atomic E-state index is 0.833. The first kappa shape index (κ1) is 23.2. The fourth-order valence-electron chi connectivity index (χ4n) is 3.14. The molecule has 30 heavy (non-hydrogen) atoms. The molecule has 2 heteroatoms. The highest BCUT2D eigenvalue weighted by Gasteiger charge is 1.96. The normalized spacial score (nSPS) is 12.6. The number of allylic oxidation sites excluding steroid dienone is 6. The van der Waals surface area contributed by atoms with Gasteiger partial charge in [0.25, 0.3) is 0 Å². The Balaban J connectivity index is 1.71.